The molecule has 1 N–H and O–H groups in total. The van der Waals surface area contributed by atoms with E-state index in [9.17, 15) is 8.42 Å². The second-order valence-electron chi connectivity index (χ2n) is 4.44. The molecule has 19 heavy (non-hydrogen) atoms. The summed E-state index contributed by atoms with van der Waals surface area (Å²) in [6, 6.07) is 12.8. The average Bonchev–Trinajstić information content (AvgIpc) is 2.37. The Bertz CT molecular complexity index is 663. The summed E-state index contributed by atoms with van der Waals surface area (Å²) in [5.41, 5.74) is 0. The summed E-state index contributed by atoms with van der Waals surface area (Å²) in [7, 11) is -3.45. The smallest absolute Gasteiger partial charge is 0.211 e. The number of fused-ring (bicyclic) bond motifs is 1. The molecule has 5 heteroatoms. The molecule has 0 saturated carbocycles. The summed E-state index contributed by atoms with van der Waals surface area (Å²) < 4.78 is 27.2. The van der Waals surface area contributed by atoms with Gasteiger partial charge in [-0.25, -0.2) is 13.1 Å². The highest BCUT2D eigenvalue weighted by Crippen LogP contribution is 2.22. The molecule has 0 spiro atoms. The Balaban J connectivity index is 2.33. The molecule has 0 heterocycles. The van der Waals surface area contributed by atoms with Gasteiger partial charge in [-0.2, -0.15) is 0 Å². The van der Waals surface area contributed by atoms with Crippen molar-refractivity contribution >= 4 is 36.7 Å². The highest BCUT2D eigenvalue weighted by atomic mass is 79.9. The van der Waals surface area contributed by atoms with Crippen LogP contribution in [0.3, 0.4) is 0 Å². The first kappa shape index (κ1) is 14.5. The third-order valence-corrected chi connectivity index (χ3v) is 4.85. The van der Waals surface area contributed by atoms with E-state index in [1.807, 2.05) is 37.3 Å². The lowest BCUT2D eigenvalue weighted by Gasteiger charge is -2.10. The fourth-order valence-corrected chi connectivity index (χ4v) is 3.40. The van der Waals surface area contributed by atoms with E-state index in [0.29, 0.717) is 16.3 Å². The molecule has 0 amide bonds. The van der Waals surface area contributed by atoms with E-state index in [0.717, 1.165) is 17.2 Å². The molecule has 2 rings (SSSR count). The zero-order chi connectivity index (χ0) is 13.9. The number of benzene rings is 2. The van der Waals surface area contributed by atoms with Crippen LogP contribution in [0.4, 0.5) is 0 Å². The first-order chi connectivity index (χ1) is 9.00. The van der Waals surface area contributed by atoms with E-state index in [-0.39, 0.29) is 0 Å². The van der Waals surface area contributed by atoms with Gasteiger partial charge in [0.2, 0.25) is 10.0 Å². The van der Waals surface area contributed by atoms with Crippen molar-refractivity contribution in [1.82, 2.24) is 4.72 Å². The van der Waals surface area contributed by atoms with Crippen molar-refractivity contribution < 1.29 is 8.42 Å². The van der Waals surface area contributed by atoms with Gasteiger partial charge in [0.05, 0.1) is 4.90 Å². The molecule has 0 aliphatic carbocycles. The van der Waals surface area contributed by atoms with Gasteiger partial charge in [-0.15, -0.1) is 0 Å². The van der Waals surface area contributed by atoms with Crippen LogP contribution in [0.1, 0.15) is 13.3 Å². The molecule has 0 aromatic heterocycles. The Labute approximate surface area is 122 Å². The van der Waals surface area contributed by atoms with Crippen LogP contribution in [0.25, 0.3) is 10.8 Å². The summed E-state index contributed by atoms with van der Waals surface area (Å²) in [6.45, 7) is 2.42. The Kier molecular flexibility index (Phi) is 4.60. The van der Waals surface area contributed by atoms with E-state index in [1.54, 1.807) is 12.1 Å². The van der Waals surface area contributed by atoms with Crippen LogP contribution >= 0.6 is 15.9 Å². The van der Waals surface area contributed by atoms with Gasteiger partial charge in [0.1, 0.15) is 0 Å². The molecule has 0 aliphatic rings. The lowest BCUT2D eigenvalue weighted by molar-refractivity contribution is 0.580. The molecule has 2 aromatic rings. The molecule has 1 atom stereocenters. The number of sulfonamides is 1. The van der Waals surface area contributed by atoms with Crippen LogP contribution in [0, 0.1) is 0 Å². The lowest BCUT2D eigenvalue weighted by Crippen LogP contribution is -2.26. The number of rotatable bonds is 5. The lowest BCUT2D eigenvalue weighted by atomic mass is 10.1. The van der Waals surface area contributed by atoms with Gasteiger partial charge in [0.25, 0.3) is 0 Å². The zero-order valence-corrected chi connectivity index (χ0v) is 13.0. The predicted octanol–water partition coefficient (Wildman–Crippen LogP) is 3.29. The van der Waals surface area contributed by atoms with Crippen LogP contribution in [0.2, 0.25) is 0 Å². The van der Waals surface area contributed by atoms with E-state index in [2.05, 4.69) is 20.7 Å². The Morgan fingerprint density at radius 3 is 2.58 bits per heavy atom. The number of hydrogen-bond donors (Lipinski definition) is 1. The maximum Gasteiger partial charge on any atom is 0.241 e. The van der Waals surface area contributed by atoms with Gasteiger partial charge in [-0.1, -0.05) is 59.3 Å². The molecular weight excluding hydrogens is 326 g/mol. The number of alkyl halides is 1. The maximum atomic E-state index is 12.3. The highest BCUT2D eigenvalue weighted by Gasteiger charge is 2.16. The normalized spacial score (nSPS) is 13.6. The number of hydrogen-bond acceptors (Lipinski definition) is 2. The van der Waals surface area contributed by atoms with Crippen LogP contribution in [-0.4, -0.2) is 19.8 Å². The molecule has 0 bridgehead atoms. The largest absolute Gasteiger partial charge is 0.241 e. The third-order valence-electron chi connectivity index (χ3n) is 2.87. The van der Waals surface area contributed by atoms with Crippen LogP contribution in [0.5, 0.6) is 0 Å². The molecule has 1 unspecified atom stereocenters. The van der Waals surface area contributed by atoms with Crippen molar-refractivity contribution in [3.63, 3.8) is 0 Å². The Morgan fingerprint density at radius 2 is 1.84 bits per heavy atom. The number of halogens is 1. The molecule has 2 aromatic carbocycles. The highest BCUT2D eigenvalue weighted by molar-refractivity contribution is 9.09. The van der Waals surface area contributed by atoms with E-state index < -0.39 is 10.0 Å². The van der Waals surface area contributed by atoms with E-state index in [4.69, 9.17) is 0 Å². The molecule has 3 nitrogen and oxygen atoms in total. The molecule has 0 fully saturated rings. The minimum absolute atomic E-state index is 0.294. The van der Waals surface area contributed by atoms with Crippen LogP contribution in [0.15, 0.2) is 47.4 Å². The van der Waals surface area contributed by atoms with Gasteiger partial charge in [-0.3, -0.25) is 0 Å². The Morgan fingerprint density at radius 1 is 1.16 bits per heavy atom. The summed E-state index contributed by atoms with van der Waals surface area (Å²) in [4.78, 5) is 0.635. The van der Waals surface area contributed by atoms with Crippen molar-refractivity contribution in [2.45, 2.75) is 23.1 Å². The van der Waals surface area contributed by atoms with Crippen molar-refractivity contribution in [3.8, 4) is 0 Å². The first-order valence-corrected chi connectivity index (χ1v) is 8.52. The molecule has 102 valence electrons. The molecular formula is C14H16BrNO2S. The fourth-order valence-electron chi connectivity index (χ4n) is 1.90. The minimum Gasteiger partial charge on any atom is -0.211 e. The maximum absolute atomic E-state index is 12.3. The minimum atomic E-state index is -3.45. The third kappa shape index (κ3) is 3.55. The summed E-state index contributed by atoms with van der Waals surface area (Å²) in [5.74, 6) is 0. The van der Waals surface area contributed by atoms with Crippen molar-refractivity contribution in [3.05, 3.63) is 42.5 Å². The van der Waals surface area contributed by atoms with Crippen LogP contribution in [-0.2, 0) is 10.0 Å². The van der Waals surface area contributed by atoms with E-state index in [1.165, 1.54) is 0 Å². The monoisotopic (exact) mass is 341 g/mol. The van der Waals surface area contributed by atoms with Crippen LogP contribution < -0.4 is 4.72 Å². The summed E-state index contributed by atoms with van der Waals surface area (Å²) in [6.07, 6.45) is 0.754. The fraction of sp³-hybridized carbons (Fsp3) is 0.286. The standard InChI is InChI=1S/C14H16BrNO2S/c1-11(15)9-10-16-19(17,18)14-8-4-6-12-5-2-3-7-13(12)14/h2-8,11,16H,9-10H2,1H3. The summed E-state index contributed by atoms with van der Waals surface area (Å²) >= 11 is 3.40. The van der Waals surface area contributed by atoms with Crippen molar-refractivity contribution in [2.24, 2.45) is 0 Å². The topological polar surface area (TPSA) is 46.2 Å². The predicted molar refractivity (Wildman–Crippen MR) is 82.1 cm³/mol. The quantitative estimate of drug-likeness (QED) is 0.848. The van der Waals surface area contributed by atoms with E-state index >= 15 is 0 Å². The zero-order valence-electron chi connectivity index (χ0n) is 10.6. The molecule has 0 aliphatic heterocycles. The average molecular weight is 342 g/mol. The SMILES string of the molecule is CC(Br)CCNS(=O)(=O)c1cccc2ccccc12. The second-order valence-corrected chi connectivity index (χ2v) is 7.74. The Hall–Kier alpha value is -0.910. The van der Waals surface area contributed by atoms with Gasteiger partial charge >= 0.3 is 0 Å². The first-order valence-electron chi connectivity index (χ1n) is 6.12. The molecule has 0 radical (unpaired) electrons. The second kappa shape index (κ2) is 6.03. The summed E-state index contributed by atoms with van der Waals surface area (Å²) in [5, 5.41) is 1.68. The molecule has 0 saturated heterocycles. The van der Waals surface area contributed by atoms with Gasteiger partial charge in [-0.05, 0) is 17.9 Å². The van der Waals surface area contributed by atoms with Gasteiger partial charge in [0, 0.05) is 16.8 Å². The van der Waals surface area contributed by atoms with Crippen molar-refractivity contribution in [1.29, 1.82) is 0 Å². The number of nitrogens with one attached hydrogen (secondary N) is 1. The van der Waals surface area contributed by atoms with Gasteiger partial charge in [0.15, 0.2) is 0 Å². The van der Waals surface area contributed by atoms with Crippen molar-refractivity contribution in [2.75, 3.05) is 6.54 Å². The van der Waals surface area contributed by atoms with Gasteiger partial charge < -0.3 is 0 Å².